The molecule has 1 amide bonds. The maximum atomic E-state index is 12.9. The van der Waals surface area contributed by atoms with Gasteiger partial charge in [0.2, 0.25) is 15.9 Å². The Morgan fingerprint density at radius 3 is 2.33 bits per heavy atom. The van der Waals surface area contributed by atoms with Gasteiger partial charge in [0.15, 0.2) is 0 Å². The maximum absolute atomic E-state index is 12.9. The zero-order valence-corrected chi connectivity index (χ0v) is 17.5. The molecule has 0 bridgehead atoms. The first-order valence-electron chi connectivity index (χ1n) is 8.76. The molecule has 0 aliphatic rings. The zero-order chi connectivity index (χ0) is 20.2. The third kappa shape index (κ3) is 5.23. The lowest BCUT2D eigenvalue weighted by atomic mass is 10.1. The van der Waals surface area contributed by atoms with Crippen LogP contribution in [0.1, 0.15) is 37.4 Å². The van der Waals surface area contributed by atoms with E-state index in [1.165, 1.54) is 0 Å². The van der Waals surface area contributed by atoms with Gasteiger partial charge in [0.1, 0.15) is 6.04 Å². The van der Waals surface area contributed by atoms with Crippen molar-refractivity contribution in [3.8, 4) is 0 Å². The summed E-state index contributed by atoms with van der Waals surface area (Å²) in [6.07, 6.45) is 1.42. The Labute approximate surface area is 166 Å². The molecule has 2 rings (SSSR count). The average Bonchev–Trinajstić information content (AvgIpc) is 2.61. The molecule has 2 aromatic rings. The minimum absolute atomic E-state index is 0.240. The lowest BCUT2D eigenvalue weighted by molar-refractivity contribution is -0.122. The van der Waals surface area contributed by atoms with Gasteiger partial charge >= 0.3 is 0 Å². The molecular weight excluding hydrogens is 384 g/mol. The monoisotopic (exact) mass is 408 g/mol. The molecule has 0 radical (unpaired) electrons. The molecule has 2 atom stereocenters. The van der Waals surface area contributed by atoms with Gasteiger partial charge < -0.3 is 5.32 Å². The number of amides is 1. The fraction of sp³-hybridized carbons (Fsp3) is 0.350. The van der Waals surface area contributed by atoms with Gasteiger partial charge in [0.05, 0.1) is 18.0 Å². The summed E-state index contributed by atoms with van der Waals surface area (Å²) in [5.74, 6) is -0.351. The lowest BCUT2D eigenvalue weighted by Crippen LogP contribution is -2.49. The van der Waals surface area contributed by atoms with Crippen molar-refractivity contribution in [3.63, 3.8) is 0 Å². The molecule has 0 aliphatic heterocycles. The Kier molecular flexibility index (Phi) is 6.89. The third-order valence-corrected chi connectivity index (χ3v) is 5.99. The Bertz CT molecular complexity index is 901. The quantitative estimate of drug-likeness (QED) is 0.750. The van der Waals surface area contributed by atoms with E-state index in [2.05, 4.69) is 5.32 Å². The van der Waals surface area contributed by atoms with Crippen LogP contribution >= 0.6 is 11.6 Å². The molecule has 7 heteroatoms. The average molecular weight is 409 g/mol. The largest absolute Gasteiger partial charge is 0.348 e. The maximum Gasteiger partial charge on any atom is 0.244 e. The van der Waals surface area contributed by atoms with Crippen molar-refractivity contribution >= 4 is 33.2 Å². The van der Waals surface area contributed by atoms with Gasteiger partial charge in [0, 0.05) is 5.02 Å². The van der Waals surface area contributed by atoms with E-state index in [1.54, 1.807) is 25.1 Å². The van der Waals surface area contributed by atoms with E-state index in [9.17, 15) is 13.2 Å². The fourth-order valence-electron chi connectivity index (χ4n) is 2.91. The van der Waals surface area contributed by atoms with Crippen molar-refractivity contribution in [1.29, 1.82) is 0 Å². The number of rotatable bonds is 7. The molecular formula is C20H25ClN2O3S. The molecule has 0 spiro atoms. The van der Waals surface area contributed by atoms with Crippen LogP contribution in [0.25, 0.3) is 0 Å². The molecule has 2 aromatic carbocycles. The number of hydrogen-bond donors (Lipinski definition) is 1. The number of hydrogen-bond acceptors (Lipinski definition) is 3. The molecule has 0 saturated carbocycles. The van der Waals surface area contributed by atoms with Crippen LogP contribution in [0.5, 0.6) is 0 Å². The Morgan fingerprint density at radius 2 is 1.81 bits per heavy atom. The summed E-state index contributed by atoms with van der Waals surface area (Å²) in [6, 6.07) is 13.4. The molecule has 146 valence electrons. The predicted octanol–water partition coefficient (Wildman–Crippen LogP) is 4.07. The molecule has 0 fully saturated rings. The van der Waals surface area contributed by atoms with Crippen LogP contribution in [0.3, 0.4) is 0 Å². The first-order valence-corrected chi connectivity index (χ1v) is 11.0. The van der Waals surface area contributed by atoms with Crippen LogP contribution < -0.4 is 9.62 Å². The van der Waals surface area contributed by atoms with E-state index in [0.717, 1.165) is 21.7 Å². The second kappa shape index (κ2) is 8.76. The van der Waals surface area contributed by atoms with Crippen molar-refractivity contribution < 1.29 is 13.2 Å². The number of nitrogens with one attached hydrogen (secondary N) is 1. The lowest BCUT2D eigenvalue weighted by Gasteiger charge is -2.31. The highest BCUT2D eigenvalue weighted by atomic mass is 35.5. The van der Waals surface area contributed by atoms with Gasteiger partial charge in [-0.1, -0.05) is 54.9 Å². The highest BCUT2D eigenvalue weighted by molar-refractivity contribution is 7.92. The summed E-state index contributed by atoms with van der Waals surface area (Å²) in [4.78, 5) is 12.9. The molecule has 0 heterocycles. The summed E-state index contributed by atoms with van der Waals surface area (Å²) < 4.78 is 26.1. The second-order valence-corrected chi connectivity index (χ2v) is 8.82. The smallest absolute Gasteiger partial charge is 0.244 e. The molecule has 5 nitrogen and oxygen atoms in total. The number of carbonyl (C=O) groups excluding carboxylic acids is 1. The van der Waals surface area contributed by atoms with Gasteiger partial charge in [-0.15, -0.1) is 0 Å². The van der Waals surface area contributed by atoms with Crippen molar-refractivity contribution in [2.75, 3.05) is 10.6 Å². The molecule has 0 aromatic heterocycles. The van der Waals surface area contributed by atoms with E-state index < -0.39 is 16.1 Å². The number of carbonyl (C=O) groups is 1. The predicted molar refractivity (Wildman–Crippen MR) is 111 cm³/mol. The van der Waals surface area contributed by atoms with Crippen molar-refractivity contribution in [2.24, 2.45) is 0 Å². The van der Waals surface area contributed by atoms with E-state index in [0.29, 0.717) is 17.1 Å². The highest BCUT2D eigenvalue weighted by Gasteiger charge is 2.32. The van der Waals surface area contributed by atoms with Gasteiger partial charge in [0.25, 0.3) is 0 Å². The van der Waals surface area contributed by atoms with Crippen molar-refractivity contribution in [3.05, 3.63) is 64.7 Å². The van der Waals surface area contributed by atoms with E-state index in [1.807, 2.05) is 44.2 Å². The Morgan fingerprint density at radius 1 is 1.19 bits per heavy atom. The number of sulfonamides is 1. The number of aryl methyl sites for hydroxylation is 1. The summed E-state index contributed by atoms with van der Waals surface area (Å²) in [7, 11) is -3.69. The van der Waals surface area contributed by atoms with Crippen molar-refractivity contribution in [1.82, 2.24) is 5.32 Å². The van der Waals surface area contributed by atoms with Gasteiger partial charge in [-0.3, -0.25) is 9.10 Å². The van der Waals surface area contributed by atoms with Crippen LogP contribution in [0.4, 0.5) is 5.69 Å². The summed E-state index contributed by atoms with van der Waals surface area (Å²) in [5.41, 5.74) is 2.16. The van der Waals surface area contributed by atoms with E-state index >= 15 is 0 Å². The summed E-state index contributed by atoms with van der Waals surface area (Å²) in [6.45, 7) is 5.49. The number of anilines is 1. The van der Waals surface area contributed by atoms with E-state index in [-0.39, 0.29) is 11.9 Å². The molecule has 0 aliphatic carbocycles. The van der Waals surface area contributed by atoms with Gasteiger partial charge in [-0.05, 0) is 43.5 Å². The van der Waals surface area contributed by atoms with Crippen LogP contribution in [-0.2, 0) is 14.8 Å². The molecule has 27 heavy (non-hydrogen) atoms. The number of nitrogens with zero attached hydrogens (tertiary/aromatic N) is 1. The standard InChI is InChI=1S/C20H25ClN2O3S/c1-5-19(20(24)22-15(3)16-9-7-6-8-10-16)23(27(4,25)26)17-12-11-14(2)18(21)13-17/h6-13,15,19H,5H2,1-4H3,(H,22,24)/t15-,19-/m0/s1. The normalized spacial score (nSPS) is 13.7. The molecule has 0 unspecified atom stereocenters. The van der Waals surface area contributed by atoms with Crippen LogP contribution in [0.15, 0.2) is 48.5 Å². The van der Waals surface area contributed by atoms with Crippen LogP contribution in [0.2, 0.25) is 5.02 Å². The fourth-order valence-corrected chi connectivity index (χ4v) is 4.29. The number of halogens is 1. The first-order chi connectivity index (χ1) is 12.6. The van der Waals surface area contributed by atoms with Crippen molar-refractivity contribution in [2.45, 2.75) is 39.3 Å². The minimum Gasteiger partial charge on any atom is -0.348 e. The Hall–Kier alpha value is -2.05. The highest BCUT2D eigenvalue weighted by Crippen LogP contribution is 2.28. The van der Waals surface area contributed by atoms with Crippen LogP contribution in [0, 0.1) is 6.92 Å². The Balaban J connectivity index is 2.34. The number of benzene rings is 2. The third-order valence-electron chi connectivity index (χ3n) is 4.40. The summed E-state index contributed by atoms with van der Waals surface area (Å²) in [5, 5.41) is 3.37. The van der Waals surface area contributed by atoms with Gasteiger partial charge in [-0.25, -0.2) is 8.42 Å². The topological polar surface area (TPSA) is 66.5 Å². The molecule has 1 N–H and O–H groups in total. The van der Waals surface area contributed by atoms with E-state index in [4.69, 9.17) is 11.6 Å². The molecule has 0 saturated heterocycles. The van der Waals surface area contributed by atoms with Crippen LogP contribution in [-0.4, -0.2) is 26.6 Å². The minimum atomic E-state index is -3.69. The zero-order valence-electron chi connectivity index (χ0n) is 15.9. The van der Waals surface area contributed by atoms with Gasteiger partial charge in [-0.2, -0.15) is 0 Å². The second-order valence-electron chi connectivity index (χ2n) is 6.56. The first kappa shape index (κ1) is 21.3. The summed E-state index contributed by atoms with van der Waals surface area (Å²) >= 11 is 6.18. The SMILES string of the molecule is CC[C@@H](C(=O)N[C@@H](C)c1ccccc1)N(c1ccc(C)c(Cl)c1)S(C)(=O)=O.